The van der Waals surface area contributed by atoms with Crippen molar-refractivity contribution >= 4 is 16.8 Å². The molecule has 0 saturated carbocycles. The standard InChI is InChI=1S/C21H25FN6O/c1-13-16-10-15(22)5-6-17(16)23-19(13)21(29)27-8-9-28-18(12-27)24-25-20(28)14-4-3-7-26(2)11-14/h5-6,10,14,23H,3-4,7-9,11-12H2,1-2H3/t14-/m1/s1. The first kappa shape index (κ1) is 18.3. The van der Waals surface area contributed by atoms with Gasteiger partial charge in [-0.15, -0.1) is 10.2 Å². The van der Waals surface area contributed by atoms with E-state index in [0.29, 0.717) is 31.2 Å². The summed E-state index contributed by atoms with van der Waals surface area (Å²) in [6.07, 6.45) is 2.31. The number of likely N-dealkylation sites (N-methyl/N-ethyl adjacent to an activating group) is 1. The van der Waals surface area contributed by atoms with Crippen molar-refractivity contribution < 1.29 is 9.18 Å². The third-order valence-corrected chi connectivity index (χ3v) is 6.29. The van der Waals surface area contributed by atoms with Crippen LogP contribution in [0.2, 0.25) is 0 Å². The smallest absolute Gasteiger partial charge is 0.271 e. The largest absolute Gasteiger partial charge is 0.350 e. The number of rotatable bonds is 2. The van der Waals surface area contributed by atoms with Crippen LogP contribution >= 0.6 is 0 Å². The van der Waals surface area contributed by atoms with Crippen LogP contribution in [0.25, 0.3) is 10.9 Å². The third-order valence-electron chi connectivity index (χ3n) is 6.29. The summed E-state index contributed by atoms with van der Waals surface area (Å²) in [6, 6.07) is 4.55. The molecule has 1 atom stereocenters. The minimum Gasteiger partial charge on any atom is -0.350 e. The van der Waals surface area contributed by atoms with Gasteiger partial charge in [-0.2, -0.15) is 0 Å². The first-order valence-electron chi connectivity index (χ1n) is 10.2. The van der Waals surface area contributed by atoms with Crippen LogP contribution in [0.5, 0.6) is 0 Å². The van der Waals surface area contributed by atoms with Gasteiger partial charge in [0.25, 0.3) is 5.91 Å². The summed E-state index contributed by atoms with van der Waals surface area (Å²) in [4.78, 5) is 20.5. The average Bonchev–Trinajstić information content (AvgIpc) is 3.28. The second-order valence-corrected chi connectivity index (χ2v) is 8.27. The summed E-state index contributed by atoms with van der Waals surface area (Å²) < 4.78 is 15.8. The number of likely N-dealkylation sites (tertiary alicyclic amines) is 1. The molecule has 2 aliphatic heterocycles. The summed E-state index contributed by atoms with van der Waals surface area (Å²) in [7, 11) is 2.15. The Labute approximate surface area is 168 Å². The SMILES string of the molecule is Cc1c(C(=O)N2CCn3c(nnc3[C@@H]3CCCN(C)C3)C2)[nH]c2ccc(F)cc12. The molecular formula is C21H25FN6O. The van der Waals surface area contributed by atoms with Crippen molar-refractivity contribution in [1.29, 1.82) is 0 Å². The number of piperidine rings is 1. The summed E-state index contributed by atoms with van der Waals surface area (Å²) in [5.41, 5.74) is 2.08. The number of fused-ring (bicyclic) bond motifs is 2. The van der Waals surface area contributed by atoms with Gasteiger partial charge in [0.15, 0.2) is 5.82 Å². The molecule has 1 fully saturated rings. The summed E-state index contributed by atoms with van der Waals surface area (Å²) in [5, 5.41) is 9.63. The highest BCUT2D eigenvalue weighted by molar-refractivity contribution is 6.00. The Morgan fingerprint density at radius 1 is 1.24 bits per heavy atom. The number of nitrogens with zero attached hydrogens (tertiary/aromatic N) is 5. The van der Waals surface area contributed by atoms with Gasteiger partial charge in [0, 0.05) is 36.5 Å². The highest BCUT2D eigenvalue weighted by atomic mass is 19.1. The number of hydrogen-bond acceptors (Lipinski definition) is 4. The number of aryl methyl sites for hydroxylation is 1. The van der Waals surface area contributed by atoms with E-state index in [9.17, 15) is 9.18 Å². The zero-order chi connectivity index (χ0) is 20.1. The number of nitrogens with one attached hydrogen (secondary N) is 1. The Morgan fingerprint density at radius 3 is 2.93 bits per heavy atom. The van der Waals surface area contributed by atoms with Gasteiger partial charge in [-0.25, -0.2) is 4.39 Å². The Hall–Kier alpha value is -2.74. The lowest BCUT2D eigenvalue weighted by molar-refractivity contribution is 0.0699. The zero-order valence-electron chi connectivity index (χ0n) is 16.8. The van der Waals surface area contributed by atoms with Gasteiger partial charge in [0.05, 0.1) is 6.54 Å². The fraction of sp³-hybridized carbons (Fsp3) is 0.476. The lowest BCUT2D eigenvalue weighted by Gasteiger charge is -2.32. The fourth-order valence-electron chi connectivity index (χ4n) is 4.70. The van der Waals surface area contributed by atoms with E-state index in [2.05, 4.69) is 31.7 Å². The minimum atomic E-state index is -0.300. The van der Waals surface area contributed by atoms with E-state index in [4.69, 9.17) is 0 Å². The van der Waals surface area contributed by atoms with E-state index in [0.717, 1.165) is 47.6 Å². The maximum Gasteiger partial charge on any atom is 0.271 e. The van der Waals surface area contributed by atoms with Crippen LogP contribution in [0.3, 0.4) is 0 Å². The maximum absolute atomic E-state index is 13.6. The molecule has 0 radical (unpaired) electrons. The van der Waals surface area contributed by atoms with E-state index < -0.39 is 0 Å². The van der Waals surface area contributed by atoms with Crippen LogP contribution < -0.4 is 0 Å². The van der Waals surface area contributed by atoms with E-state index in [1.54, 1.807) is 11.0 Å². The van der Waals surface area contributed by atoms with Gasteiger partial charge in [0.2, 0.25) is 0 Å². The minimum absolute atomic E-state index is 0.0766. The van der Waals surface area contributed by atoms with Crippen molar-refractivity contribution in [3.63, 3.8) is 0 Å². The highest BCUT2D eigenvalue weighted by Gasteiger charge is 2.30. The monoisotopic (exact) mass is 396 g/mol. The van der Waals surface area contributed by atoms with Crippen LogP contribution in [0.15, 0.2) is 18.2 Å². The molecule has 1 aromatic carbocycles. The predicted octanol–water partition coefficient (Wildman–Crippen LogP) is 2.67. The predicted molar refractivity (Wildman–Crippen MR) is 107 cm³/mol. The molecule has 29 heavy (non-hydrogen) atoms. The number of aromatic nitrogens is 4. The molecule has 5 rings (SSSR count). The third kappa shape index (κ3) is 3.11. The average molecular weight is 396 g/mol. The molecule has 3 aromatic rings. The van der Waals surface area contributed by atoms with Crippen LogP contribution in [-0.2, 0) is 13.1 Å². The van der Waals surface area contributed by atoms with E-state index in [1.165, 1.54) is 18.6 Å². The molecule has 1 N–H and O–H groups in total. The normalized spacial score (nSPS) is 20.2. The quantitative estimate of drug-likeness (QED) is 0.723. The lowest BCUT2D eigenvalue weighted by Crippen LogP contribution is -2.40. The molecule has 0 unspecified atom stereocenters. The molecule has 0 bridgehead atoms. The Kier molecular flexibility index (Phi) is 4.38. The van der Waals surface area contributed by atoms with E-state index in [-0.39, 0.29) is 11.7 Å². The summed E-state index contributed by atoms with van der Waals surface area (Å²) >= 11 is 0. The summed E-state index contributed by atoms with van der Waals surface area (Å²) in [5.74, 6) is 1.92. The topological polar surface area (TPSA) is 70.1 Å². The maximum atomic E-state index is 13.6. The molecular weight excluding hydrogens is 371 g/mol. The van der Waals surface area contributed by atoms with Gasteiger partial charge < -0.3 is 19.4 Å². The second-order valence-electron chi connectivity index (χ2n) is 8.27. The van der Waals surface area contributed by atoms with Gasteiger partial charge >= 0.3 is 0 Å². The Morgan fingerprint density at radius 2 is 2.10 bits per heavy atom. The first-order chi connectivity index (χ1) is 14.0. The number of carbonyl (C=O) groups is 1. The second kappa shape index (κ2) is 6.95. The van der Waals surface area contributed by atoms with Crippen molar-refractivity contribution in [1.82, 2.24) is 29.5 Å². The van der Waals surface area contributed by atoms with Gasteiger partial charge in [-0.3, -0.25) is 4.79 Å². The number of H-pyrrole nitrogens is 1. The van der Waals surface area contributed by atoms with Gasteiger partial charge in [-0.1, -0.05) is 0 Å². The van der Waals surface area contributed by atoms with Crippen LogP contribution in [-0.4, -0.2) is 62.1 Å². The van der Waals surface area contributed by atoms with Crippen molar-refractivity contribution in [3.8, 4) is 0 Å². The van der Waals surface area contributed by atoms with Crippen molar-refractivity contribution in [2.45, 2.75) is 38.8 Å². The molecule has 7 nitrogen and oxygen atoms in total. The molecule has 1 saturated heterocycles. The van der Waals surface area contributed by atoms with Gasteiger partial charge in [-0.05, 0) is 57.1 Å². The zero-order valence-corrected chi connectivity index (χ0v) is 16.8. The number of hydrogen-bond donors (Lipinski definition) is 1. The molecule has 0 spiro atoms. The molecule has 8 heteroatoms. The highest BCUT2D eigenvalue weighted by Crippen LogP contribution is 2.28. The molecule has 2 aromatic heterocycles. The number of benzene rings is 1. The number of halogens is 1. The summed E-state index contributed by atoms with van der Waals surface area (Å²) in [6.45, 7) is 5.76. The van der Waals surface area contributed by atoms with Crippen LogP contribution in [0.1, 0.15) is 46.5 Å². The van der Waals surface area contributed by atoms with Gasteiger partial charge in [0.1, 0.15) is 17.3 Å². The van der Waals surface area contributed by atoms with Crippen molar-refractivity contribution in [2.75, 3.05) is 26.7 Å². The number of aromatic amines is 1. The van der Waals surface area contributed by atoms with Crippen molar-refractivity contribution in [2.24, 2.45) is 0 Å². The van der Waals surface area contributed by atoms with Crippen LogP contribution in [0, 0.1) is 12.7 Å². The molecule has 152 valence electrons. The van der Waals surface area contributed by atoms with E-state index in [1.807, 2.05) is 6.92 Å². The van der Waals surface area contributed by atoms with Crippen LogP contribution in [0.4, 0.5) is 4.39 Å². The van der Waals surface area contributed by atoms with E-state index >= 15 is 0 Å². The molecule has 4 heterocycles. The number of carbonyl (C=O) groups excluding carboxylic acids is 1. The Balaban J connectivity index is 1.39. The Bertz CT molecular complexity index is 1090. The molecule has 2 aliphatic rings. The molecule has 0 aliphatic carbocycles. The molecule has 1 amide bonds. The lowest BCUT2D eigenvalue weighted by atomic mass is 9.97. The fourth-order valence-corrected chi connectivity index (χ4v) is 4.70. The first-order valence-corrected chi connectivity index (χ1v) is 10.2. The number of amides is 1. The van der Waals surface area contributed by atoms with Crippen molar-refractivity contribution in [3.05, 3.63) is 46.9 Å².